The van der Waals surface area contributed by atoms with Crippen molar-refractivity contribution in [3.63, 3.8) is 0 Å². The van der Waals surface area contributed by atoms with Crippen molar-refractivity contribution in [2.45, 2.75) is 133 Å². The molecule has 6 aromatic carbocycles. The van der Waals surface area contributed by atoms with Crippen LogP contribution < -0.4 is 0 Å². The van der Waals surface area contributed by atoms with Crippen LogP contribution in [0.25, 0.3) is 43.8 Å². The van der Waals surface area contributed by atoms with Crippen molar-refractivity contribution in [3.05, 3.63) is 129 Å². The summed E-state index contributed by atoms with van der Waals surface area (Å²) in [6, 6.07) is 32.6. The summed E-state index contributed by atoms with van der Waals surface area (Å²) in [4.78, 5) is 0. The average Bonchev–Trinajstić information content (AvgIpc) is 3.69. The van der Waals surface area contributed by atoms with Gasteiger partial charge in [0.25, 0.3) is 0 Å². The van der Waals surface area contributed by atoms with E-state index >= 15 is 0 Å². The zero-order valence-corrected chi connectivity index (χ0v) is 41.0. The summed E-state index contributed by atoms with van der Waals surface area (Å²) in [6.07, 6.45) is 0. The van der Waals surface area contributed by atoms with E-state index in [-0.39, 0.29) is 10.8 Å². The van der Waals surface area contributed by atoms with Crippen molar-refractivity contribution < 1.29 is 20.8 Å². The second kappa shape index (κ2) is 19.8. The molecule has 0 atom stereocenters. The molecule has 0 fully saturated rings. The third kappa shape index (κ3) is 11.9. The normalized spacial score (nSPS) is 11.5. The van der Waals surface area contributed by atoms with Gasteiger partial charge in [-0.15, -0.1) is 69.1 Å². The zero-order chi connectivity index (χ0) is 40.7. The summed E-state index contributed by atoms with van der Waals surface area (Å²) in [5.74, 6) is 1.02. The molecule has 54 heavy (non-hydrogen) atoms. The molecule has 0 aromatic heterocycles. The Balaban J connectivity index is 0.000000254. The van der Waals surface area contributed by atoms with Gasteiger partial charge in [0.05, 0.1) is 0 Å². The van der Waals surface area contributed by atoms with Gasteiger partial charge in [0.2, 0.25) is 0 Å². The molecular weight excluding hydrogens is 791 g/mol. The van der Waals surface area contributed by atoms with Crippen LogP contribution in [-0.2, 0) is 31.7 Å². The molecule has 2 radical (unpaired) electrons. The first kappa shape index (κ1) is 46.2. The Bertz CT molecular complexity index is 1930. The summed E-state index contributed by atoms with van der Waals surface area (Å²) in [5, 5.41) is 5.52. The van der Waals surface area contributed by atoms with Crippen LogP contribution in [0.5, 0.6) is 0 Å². The van der Waals surface area contributed by atoms with Crippen LogP contribution in [0, 0.1) is 27.7 Å². The Morgan fingerprint density at radius 2 is 0.796 bits per heavy atom. The van der Waals surface area contributed by atoms with Crippen molar-refractivity contribution in [3.8, 4) is 22.3 Å². The number of aryl methyl sites for hydroxylation is 4. The van der Waals surface area contributed by atoms with Gasteiger partial charge in [-0.1, -0.05) is 163 Å². The Morgan fingerprint density at radius 3 is 1.04 bits per heavy atom. The molecule has 4 heteroatoms. The van der Waals surface area contributed by atoms with E-state index in [2.05, 4.69) is 195 Å². The van der Waals surface area contributed by atoms with Gasteiger partial charge in [-0.3, -0.25) is 0 Å². The summed E-state index contributed by atoms with van der Waals surface area (Å²) in [6.45, 7) is 36.0. The first-order valence-corrected chi connectivity index (χ1v) is 27.7. The maximum absolute atomic E-state index is 4.93. The molecule has 0 heterocycles. The van der Waals surface area contributed by atoms with Crippen molar-refractivity contribution >= 4 is 48.1 Å². The van der Waals surface area contributed by atoms with E-state index in [1.54, 1.807) is 0 Å². The number of halogens is 2. The monoisotopic (exact) mass is 852 g/mol. The van der Waals surface area contributed by atoms with Gasteiger partial charge in [-0.2, -0.15) is 12.1 Å². The Hall–Kier alpha value is -2.22. The van der Waals surface area contributed by atoms with E-state index in [0.717, 1.165) is 9.52 Å². The van der Waals surface area contributed by atoms with E-state index < -0.39 is 20.8 Å². The number of benzene rings is 4. The van der Waals surface area contributed by atoms with Crippen LogP contribution in [0.3, 0.4) is 0 Å². The SMILES string of the molecule is C[Si]C.Cc1cc(C)cc(-c2c(C(C)C)ccc3[cH-]c(C(C)(C)C)cc23)c1.Cc1cc(C)cc(-c2c(C(C)C)ccc3[cH-]c(C(C)(C)C)cc23)c1.[Cl][Zr+2][Cl]. The van der Waals surface area contributed by atoms with E-state index in [1.165, 1.54) is 88.3 Å². The number of rotatable bonds is 4. The van der Waals surface area contributed by atoms with E-state index in [4.69, 9.17) is 17.0 Å². The van der Waals surface area contributed by atoms with E-state index in [9.17, 15) is 0 Å². The van der Waals surface area contributed by atoms with Gasteiger partial charge in [0.15, 0.2) is 0 Å². The van der Waals surface area contributed by atoms with E-state index in [0.29, 0.717) is 11.8 Å². The zero-order valence-electron chi connectivity index (χ0n) is 36.0. The molecule has 0 saturated heterocycles. The van der Waals surface area contributed by atoms with Crippen molar-refractivity contribution in [2.75, 3.05) is 0 Å². The fourth-order valence-electron chi connectivity index (χ4n) is 7.31. The average molecular weight is 855 g/mol. The van der Waals surface area contributed by atoms with Crippen molar-refractivity contribution in [2.24, 2.45) is 0 Å². The summed E-state index contributed by atoms with van der Waals surface area (Å²) >= 11 is -0.826. The van der Waals surface area contributed by atoms with E-state index in [1.807, 2.05) is 0 Å². The van der Waals surface area contributed by atoms with Crippen molar-refractivity contribution in [1.29, 1.82) is 0 Å². The molecule has 0 aliphatic carbocycles. The molecule has 6 rings (SSSR count). The predicted octanol–water partition coefficient (Wildman–Crippen LogP) is 16.7. The van der Waals surface area contributed by atoms with Gasteiger partial charge in [0.1, 0.15) is 0 Å². The van der Waals surface area contributed by atoms with Crippen molar-refractivity contribution in [1.82, 2.24) is 0 Å². The van der Waals surface area contributed by atoms with Crippen LogP contribution >= 0.6 is 17.0 Å². The van der Waals surface area contributed by atoms with Gasteiger partial charge >= 0.3 is 37.9 Å². The van der Waals surface area contributed by atoms with Gasteiger partial charge in [-0.25, -0.2) is 0 Å². The topological polar surface area (TPSA) is 0 Å². The molecule has 286 valence electrons. The molecule has 0 saturated carbocycles. The second-order valence-electron chi connectivity index (χ2n) is 17.7. The van der Waals surface area contributed by atoms with Gasteiger partial charge in [0, 0.05) is 9.52 Å². The predicted molar refractivity (Wildman–Crippen MR) is 244 cm³/mol. The summed E-state index contributed by atoms with van der Waals surface area (Å²) in [5.41, 5.74) is 17.0. The van der Waals surface area contributed by atoms with Crippen LogP contribution in [0.2, 0.25) is 13.1 Å². The summed E-state index contributed by atoms with van der Waals surface area (Å²) < 4.78 is 0. The van der Waals surface area contributed by atoms with Crippen LogP contribution in [-0.4, -0.2) is 9.52 Å². The van der Waals surface area contributed by atoms with Gasteiger partial charge < -0.3 is 0 Å². The van der Waals surface area contributed by atoms with Crippen LogP contribution in [0.1, 0.15) is 126 Å². The Labute approximate surface area is 350 Å². The molecule has 0 bridgehead atoms. The maximum atomic E-state index is 4.93. The minimum absolute atomic E-state index is 0.177. The number of fused-ring (bicyclic) bond motifs is 2. The molecule has 0 nitrogen and oxygen atoms in total. The first-order valence-electron chi connectivity index (χ1n) is 19.4. The first-order chi connectivity index (χ1) is 25.2. The summed E-state index contributed by atoms with van der Waals surface area (Å²) in [7, 11) is 11.0. The van der Waals surface area contributed by atoms with Crippen LogP contribution in [0.4, 0.5) is 0 Å². The quantitative estimate of drug-likeness (QED) is 0.122. The fraction of sp³-hybridized carbons (Fsp3) is 0.400. The minimum atomic E-state index is -0.826. The third-order valence-corrected chi connectivity index (χ3v) is 9.84. The van der Waals surface area contributed by atoms with Crippen LogP contribution in [0.15, 0.2) is 84.9 Å². The molecule has 0 N–H and O–H groups in total. The molecule has 0 unspecified atom stereocenters. The molecule has 0 aliphatic heterocycles. The molecule has 0 spiro atoms. The standard InChI is InChI=1S/2C24H29.C2H6Si.2ClH.Zr/c2*1-15(2)21-9-8-18-13-20(24(5,6)7)14-22(18)23(21)19-11-16(3)10-17(4)12-19;1-3-2;;;/h2*8-15H,1-7H3;1-2H3;2*1H;/q2*-1;;;;+4/p-2. The fourth-order valence-corrected chi connectivity index (χ4v) is 7.31. The molecule has 0 amide bonds. The molecular formula is C50H64Cl2SiZr. The Kier molecular flexibility index (Phi) is 16.9. The van der Waals surface area contributed by atoms with Gasteiger partial charge in [-0.05, 0) is 61.5 Å². The second-order valence-corrected chi connectivity index (χ2v) is 22.4. The molecule has 6 aromatic rings. The number of hydrogen-bond donors (Lipinski definition) is 0. The third-order valence-electron chi connectivity index (χ3n) is 9.84. The Morgan fingerprint density at radius 1 is 0.519 bits per heavy atom. The molecule has 0 aliphatic rings. The number of hydrogen-bond acceptors (Lipinski definition) is 0.